The Bertz CT molecular complexity index is 898. The summed E-state index contributed by atoms with van der Waals surface area (Å²) in [4.78, 5) is 40.8. The summed E-state index contributed by atoms with van der Waals surface area (Å²) in [5.74, 6) is 0.490. The maximum absolute atomic E-state index is 12.8. The van der Waals surface area contributed by atoms with Crippen molar-refractivity contribution in [3.63, 3.8) is 0 Å². The molecule has 0 N–H and O–H groups in total. The SMILES string of the molecule is CC[C@H](C)Oc1c(Br)cc(/C=C2\SC(=O)N(CC(=O)N3CCCCC3)C2=O)cc1OC. The number of piperidine rings is 1. The number of halogens is 1. The van der Waals surface area contributed by atoms with E-state index >= 15 is 0 Å². The number of nitrogens with zero attached hydrogens (tertiary/aromatic N) is 2. The van der Waals surface area contributed by atoms with Crippen LogP contribution >= 0.6 is 27.7 Å². The van der Waals surface area contributed by atoms with Crippen molar-refractivity contribution in [1.82, 2.24) is 9.80 Å². The summed E-state index contributed by atoms with van der Waals surface area (Å²) < 4.78 is 12.1. The molecule has 0 radical (unpaired) electrons. The minimum absolute atomic E-state index is 0.0185. The Morgan fingerprint density at radius 1 is 1.26 bits per heavy atom. The molecule has 2 fully saturated rings. The zero-order valence-electron chi connectivity index (χ0n) is 18.0. The van der Waals surface area contributed by atoms with Crippen molar-refractivity contribution in [2.45, 2.75) is 45.6 Å². The number of ether oxygens (including phenoxy) is 2. The number of carbonyl (C=O) groups excluding carboxylic acids is 3. The lowest BCUT2D eigenvalue weighted by Crippen LogP contribution is -2.44. The van der Waals surface area contributed by atoms with Crippen molar-refractivity contribution < 1.29 is 23.9 Å². The molecule has 1 aromatic carbocycles. The molecular formula is C22H27BrN2O5S. The van der Waals surface area contributed by atoms with Crippen molar-refractivity contribution in [1.29, 1.82) is 0 Å². The fourth-order valence-corrected chi connectivity index (χ4v) is 4.78. The molecule has 0 saturated carbocycles. The van der Waals surface area contributed by atoms with E-state index < -0.39 is 11.1 Å². The Balaban J connectivity index is 1.77. The first-order valence-corrected chi connectivity index (χ1v) is 12.0. The quantitative estimate of drug-likeness (QED) is 0.495. The summed E-state index contributed by atoms with van der Waals surface area (Å²) in [6, 6.07) is 3.57. The molecule has 0 aromatic heterocycles. The number of methoxy groups -OCH3 is 1. The number of benzene rings is 1. The van der Waals surface area contributed by atoms with Gasteiger partial charge in [-0.05, 0) is 84.1 Å². The van der Waals surface area contributed by atoms with Crippen molar-refractivity contribution in [3.8, 4) is 11.5 Å². The smallest absolute Gasteiger partial charge is 0.294 e. The first-order chi connectivity index (χ1) is 14.8. The van der Waals surface area contributed by atoms with Gasteiger partial charge in [0.2, 0.25) is 5.91 Å². The molecule has 1 atom stereocenters. The fourth-order valence-electron chi connectivity index (χ4n) is 3.39. The molecule has 0 aliphatic carbocycles. The molecule has 3 amide bonds. The van der Waals surface area contributed by atoms with Crippen molar-refractivity contribution in [2.75, 3.05) is 26.7 Å². The van der Waals surface area contributed by atoms with E-state index in [1.165, 1.54) is 0 Å². The molecule has 31 heavy (non-hydrogen) atoms. The Kier molecular flexibility index (Phi) is 8.05. The molecule has 9 heteroatoms. The summed E-state index contributed by atoms with van der Waals surface area (Å²) in [6.07, 6.45) is 5.53. The van der Waals surface area contributed by atoms with Gasteiger partial charge in [0.05, 0.1) is 22.6 Å². The van der Waals surface area contributed by atoms with Gasteiger partial charge >= 0.3 is 0 Å². The van der Waals surface area contributed by atoms with Crippen molar-refractivity contribution in [3.05, 3.63) is 27.1 Å². The third-order valence-corrected chi connectivity index (χ3v) is 6.82. The van der Waals surface area contributed by atoms with Gasteiger partial charge in [-0.2, -0.15) is 0 Å². The van der Waals surface area contributed by atoms with Gasteiger partial charge in [0, 0.05) is 13.1 Å². The van der Waals surface area contributed by atoms with Gasteiger partial charge in [-0.15, -0.1) is 0 Å². The third kappa shape index (κ3) is 5.63. The standard InChI is InChI=1S/C22H27BrN2O5S/c1-4-14(2)30-20-16(23)10-15(11-17(20)29-3)12-18-21(27)25(22(28)31-18)13-19(26)24-8-6-5-7-9-24/h10-12,14H,4-9,13H2,1-3H3/b18-12-/t14-/m0/s1. The van der Waals surface area contributed by atoms with Crippen molar-refractivity contribution in [2.24, 2.45) is 0 Å². The van der Waals surface area contributed by atoms with Crippen LogP contribution in [0.2, 0.25) is 0 Å². The van der Waals surface area contributed by atoms with E-state index in [-0.39, 0.29) is 23.5 Å². The van der Waals surface area contributed by atoms with E-state index in [0.717, 1.165) is 42.3 Å². The lowest BCUT2D eigenvalue weighted by Gasteiger charge is -2.27. The van der Waals surface area contributed by atoms with Gasteiger partial charge in [-0.25, -0.2) is 0 Å². The number of hydrogen-bond donors (Lipinski definition) is 0. The fraction of sp³-hybridized carbons (Fsp3) is 0.500. The molecule has 0 bridgehead atoms. The van der Waals surface area contributed by atoms with Crippen LogP contribution in [0, 0.1) is 0 Å². The summed E-state index contributed by atoms with van der Waals surface area (Å²) >= 11 is 4.35. The highest BCUT2D eigenvalue weighted by molar-refractivity contribution is 9.10. The maximum Gasteiger partial charge on any atom is 0.294 e. The normalized spacial score (nSPS) is 19.2. The third-order valence-electron chi connectivity index (χ3n) is 5.32. The average Bonchev–Trinajstić information content (AvgIpc) is 3.02. The van der Waals surface area contributed by atoms with Gasteiger partial charge in [-0.1, -0.05) is 6.92 Å². The summed E-state index contributed by atoms with van der Waals surface area (Å²) in [7, 11) is 1.55. The van der Waals surface area contributed by atoms with E-state index in [9.17, 15) is 14.4 Å². The van der Waals surface area contributed by atoms with Crippen LogP contribution in [0.3, 0.4) is 0 Å². The molecule has 2 aliphatic heterocycles. The van der Waals surface area contributed by atoms with Crippen molar-refractivity contribution >= 4 is 50.8 Å². The van der Waals surface area contributed by atoms with Gasteiger partial charge in [0.25, 0.3) is 11.1 Å². The minimum atomic E-state index is -0.449. The second-order valence-corrected chi connectivity index (χ2v) is 9.43. The zero-order valence-corrected chi connectivity index (χ0v) is 20.4. The van der Waals surface area contributed by atoms with E-state index in [1.807, 2.05) is 19.9 Å². The van der Waals surface area contributed by atoms with Crippen LogP contribution in [-0.2, 0) is 9.59 Å². The molecule has 3 rings (SSSR count). The second-order valence-electron chi connectivity index (χ2n) is 7.58. The second kappa shape index (κ2) is 10.5. The van der Waals surface area contributed by atoms with Crippen LogP contribution in [0.4, 0.5) is 4.79 Å². The Hall–Kier alpha value is -2.00. The lowest BCUT2D eigenvalue weighted by atomic mass is 10.1. The predicted octanol–water partition coefficient (Wildman–Crippen LogP) is 4.68. The van der Waals surface area contributed by atoms with Gasteiger partial charge in [0.15, 0.2) is 11.5 Å². The van der Waals surface area contributed by atoms with E-state index in [4.69, 9.17) is 9.47 Å². The molecule has 7 nitrogen and oxygen atoms in total. The molecule has 1 aromatic rings. The predicted molar refractivity (Wildman–Crippen MR) is 124 cm³/mol. The number of likely N-dealkylation sites (tertiary alicyclic amines) is 1. The molecule has 168 valence electrons. The summed E-state index contributed by atoms with van der Waals surface area (Å²) in [5.41, 5.74) is 0.688. The van der Waals surface area contributed by atoms with Gasteiger partial charge in [0.1, 0.15) is 6.54 Å². The molecule has 0 spiro atoms. The first-order valence-electron chi connectivity index (χ1n) is 10.4. The van der Waals surface area contributed by atoms with Crippen LogP contribution in [-0.4, -0.2) is 59.7 Å². The van der Waals surface area contributed by atoms with E-state index in [0.29, 0.717) is 34.6 Å². The molecule has 2 aliphatic rings. The average molecular weight is 511 g/mol. The van der Waals surface area contributed by atoms with Gasteiger partial charge < -0.3 is 14.4 Å². The number of amides is 3. The number of thioether (sulfide) groups is 1. The molecular weight excluding hydrogens is 484 g/mol. The zero-order chi connectivity index (χ0) is 22.5. The topological polar surface area (TPSA) is 76.2 Å². The highest BCUT2D eigenvalue weighted by Crippen LogP contribution is 2.39. The minimum Gasteiger partial charge on any atom is -0.493 e. The maximum atomic E-state index is 12.8. The van der Waals surface area contributed by atoms with E-state index in [2.05, 4.69) is 15.9 Å². The number of carbonyl (C=O) groups is 3. The van der Waals surface area contributed by atoms with Crippen LogP contribution in [0.25, 0.3) is 6.08 Å². The van der Waals surface area contributed by atoms with Crippen LogP contribution < -0.4 is 9.47 Å². The Morgan fingerprint density at radius 3 is 2.61 bits per heavy atom. The van der Waals surface area contributed by atoms with Crippen LogP contribution in [0.5, 0.6) is 11.5 Å². The monoisotopic (exact) mass is 510 g/mol. The number of rotatable bonds is 7. The summed E-state index contributed by atoms with van der Waals surface area (Å²) in [5, 5.41) is -0.427. The van der Waals surface area contributed by atoms with E-state index in [1.54, 1.807) is 24.2 Å². The Morgan fingerprint density at radius 2 is 1.97 bits per heavy atom. The van der Waals surface area contributed by atoms with Crippen LogP contribution in [0.1, 0.15) is 45.1 Å². The highest BCUT2D eigenvalue weighted by Gasteiger charge is 2.37. The summed E-state index contributed by atoms with van der Waals surface area (Å²) in [6.45, 7) is 5.16. The van der Waals surface area contributed by atoms with Gasteiger partial charge in [-0.3, -0.25) is 19.3 Å². The molecule has 2 heterocycles. The Labute approximate surface area is 195 Å². The lowest BCUT2D eigenvalue weighted by molar-refractivity contribution is -0.136. The first kappa shape index (κ1) is 23.7. The molecule has 0 unspecified atom stereocenters. The number of imide groups is 1. The van der Waals surface area contributed by atoms with Crippen LogP contribution in [0.15, 0.2) is 21.5 Å². The molecule has 2 saturated heterocycles. The highest BCUT2D eigenvalue weighted by atomic mass is 79.9. The largest absolute Gasteiger partial charge is 0.493 e. The number of hydrogen-bond acceptors (Lipinski definition) is 6.